The molecule has 1 aliphatic rings. The van der Waals surface area contributed by atoms with Crippen molar-refractivity contribution in [1.82, 2.24) is 14.7 Å². The van der Waals surface area contributed by atoms with Crippen LogP contribution in [0.1, 0.15) is 12.0 Å². The van der Waals surface area contributed by atoms with Gasteiger partial charge in [-0.3, -0.25) is 9.59 Å². The normalized spacial score (nSPS) is 13.8. The number of halogens is 1. The molecule has 0 unspecified atom stereocenters. The van der Waals surface area contributed by atoms with Crippen molar-refractivity contribution in [3.8, 4) is 5.69 Å². The molecule has 2 aromatic carbocycles. The molecule has 7 nitrogen and oxygen atoms in total. The first-order valence-electron chi connectivity index (χ1n) is 11.1. The number of rotatable bonds is 6. The van der Waals surface area contributed by atoms with Crippen molar-refractivity contribution in [2.24, 2.45) is 0 Å². The van der Waals surface area contributed by atoms with E-state index in [9.17, 15) is 9.59 Å². The summed E-state index contributed by atoms with van der Waals surface area (Å²) < 4.78 is 1.30. The van der Waals surface area contributed by atoms with Gasteiger partial charge in [-0.1, -0.05) is 41.9 Å². The van der Waals surface area contributed by atoms with Crippen LogP contribution in [0, 0.1) is 0 Å². The molecule has 4 rings (SSSR count). The summed E-state index contributed by atoms with van der Waals surface area (Å²) in [7, 11) is 4.02. The largest absolute Gasteiger partial charge is 0.378 e. The number of benzene rings is 2. The Morgan fingerprint density at radius 2 is 1.67 bits per heavy atom. The number of nitrogens with zero attached hydrogens (tertiary/aromatic N) is 5. The molecular formula is C25H28ClN5O2. The summed E-state index contributed by atoms with van der Waals surface area (Å²) >= 11 is 6.43. The van der Waals surface area contributed by atoms with Crippen molar-refractivity contribution in [1.29, 1.82) is 0 Å². The van der Waals surface area contributed by atoms with Crippen LogP contribution < -0.4 is 15.4 Å². The maximum absolute atomic E-state index is 12.8. The van der Waals surface area contributed by atoms with E-state index in [1.165, 1.54) is 4.68 Å². The molecule has 0 saturated carbocycles. The van der Waals surface area contributed by atoms with Gasteiger partial charge in [-0.05, 0) is 36.2 Å². The van der Waals surface area contributed by atoms with Gasteiger partial charge in [0.2, 0.25) is 5.91 Å². The summed E-state index contributed by atoms with van der Waals surface area (Å²) in [6.45, 7) is 2.41. The van der Waals surface area contributed by atoms with Gasteiger partial charge in [0.1, 0.15) is 5.02 Å². The maximum Gasteiger partial charge on any atom is 0.292 e. The molecule has 1 amide bonds. The number of anilines is 2. The van der Waals surface area contributed by atoms with Crippen LogP contribution in [0.3, 0.4) is 0 Å². The Hall–Kier alpha value is -3.32. The van der Waals surface area contributed by atoms with Gasteiger partial charge in [-0.2, -0.15) is 9.78 Å². The molecule has 0 aliphatic carbocycles. The number of aryl methyl sites for hydroxylation is 1. The zero-order valence-corrected chi connectivity index (χ0v) is 19.7. The number of para-hydroxylation sites is 1. The van der Waals surface area contributed by atoms with E-state index in [0.717, 1.165) is 17.7 Å². The summed E-state index contributed by atoms with van der Waals surface area (Å²) in [6.07, 6.45) is 2.84. The molecule has 1 fully saturated rings. The minimum absolute atomic E-state index is 0.148. The average molecular weight is 466 g/mol. The lowest BCUT2D eigenvalue weighted by Gasteiger charge is -2.36. The van der Waals surface area contributed by atoms with E-state index in [1.807, 2.05) is 54.2 Å². The Bertz CT molecular complexity index is 1150. The highest BCUT2D eigenvalue weighted by Gasteiger charge is 2.24. The second-order valence-corrected chi connectivity index (χ2v) is 8.70. The van der Waals surface area contributed by atoms with E-state index in [-0.39, 0.29) is 16.5 Å². The van der Waals surface area contributed by atoms with E-state index < -0.39 is 0 Å². The molecule has 8 heteroatoms. The smallest absolute Gasteiger partial charge is 0.292 e. The lowest BCUT2D eigenvalue weighted by atomic mass is 10.1. The Morgan fingerprint density at radius 3 is 2.30 bits per heavy atom. The van der Waals surface area contributed by atoms with Gasteiger partial charge in [0.25, 0.3) is 5.56 Å². The van der Waals surface area contributed by atoms with Crippen LogP contribution >= 0.6 is 11.6 Å². The summed E-state index contributed by atoms with van der Waals surface area (Å²) in [5.41, 5.74) is 3.24. The molecule has 1 aliphatic heterocycles. The fraction of sp³-hybridized carbons (Fsp3) is 0.320. The van der Waals surface area contributed by atoms with Gasteiger partial charge in [0, 0.05) is 52.4 Å². The molecule has 33 heavy (non-hydrogen) atoms. The molecule has 2 heterocycles. The fourth-order valence-corrected chi connectivity index (χ4v) is 4.21. The number of carbonyl (C=O) groups is 1. The third-order valence-electron chi connectivity index (χ3n) is 5.95. The van der Waals surface area contributed by atoms with Gasteiger partial charge in [0.15, 0.2) is 0 Å². The fourth-order valence-electron chi connectivity index (χ4n) is 3.96. The summed E-state index contributed by atoms with van der Waals surface area (Å²) in [5.74, 6) is 0.148. The number of piperazine rings is 1. The third-order valence-corrected chi connectivity index (χ3v) is 6.31. The van der Waals surface area contributed by atoms with Crippen LogP contribution in [-0.2, 0) is 11.2 Å². The molecule has 0 bridgehead atoms. The third kappa shape index (κ3) is 5.20. The van der Waals surface area contributed by atoms with E-state index in [4.69, 9.17) is 11.6 Å². The Labute approximate surface area is 198 Å². The number of amides is 1. The van der Waals surface area contributed by atoms with Gasteiger partial charge >= 0.3 is 0 Å². The van der Waals surface area contributed by atoms with Crippen molar-refractivity contribution in [2.45, 2.75) is 12.8 Å². The molecule has 1 saturated heterocycles. The summed E-state index contributed by atoms with van der Waals surface area (Å²) in [4.78, 5) is 31.4. The van der Waals surface area contributed by atoms with E-state index in [1.54, 1.807) is 6.20 Å². The first-order chi connectivity index (χ1) is 15.9. The van der Waals surface area contributed by atoms with E-state index in [2.05, 4.69) is 34.3 Å². The highest BCUT2D eigenvalue weighted by Crippen LogP contribution is 2.23. The quantitative estimate of drug-likeness (QED) is 0.559. The number of carbonyl (C=O) groups excluding carboxylic acids is 1. The maximum atomic E-state index is 12.8. The predicted molar refractivity (Wildman–Crippen MR) is 133 cm³/mol. The standard InChI is InChI=1S/C25H28ClN5O2/c1-28(2)20-11-8-19(9-12-20)10-13-23(32)30-16-14-29(15-17-30)22-18-27-31(25(33)24(22)26)21-6-4-3-5-7-21/h3-9,11-12,18H,10,13-17H2,1-2H3. The highest BCUT2D eigenvalue weighted by atomic mass is 35.5. The van der Waals surface area contributed by atoms with Gasteiger partial charge in [-0.15, -0.1) is 0 Å². The van der Waals surface area contributed by atoms with Crippen LogP contribution in [0.15, 0.2) is 65.6 Å². The topological polar surface area (TPSA) is 61.7 Å². The van der Waals surface area contributed by atoms with Crippen molar-refractivity contribution < 1.29 is 4.79 Å². The zero-order chi connectivity index (χ0) is 23.4. The van der Waals surface area contributed by atoms with Crippen molar-refractivity contribution >= 4 is 28.9 Å². The van der Waals surface area contributed by atoms with Crippen molar-refractivity contribution in [3.05, 3.63) is 81.7 Å². The molecule has 0 atom stereocenters. The minimum Gasteiger partial charge on any atom is -0.378 e. The van der Waals surface area contributed by atoms with E-state index >= 15 is 0 Å². The van der Waals surface area contributed by atoms with Crippen LogP contribution in [0.2, 0.25) is 5.02 Å². The number of hydrogen-bond donors (Lipinski definition) is 0. The minimum atomic E-state index is -0.348. The molecule has 3 aromatic rings. The Balaban J connectivity index is 1.34. The predicted octanol–water partition coefficient (Wildman–Crippen LogP) is 3.23. The Kier molecular flexibility index (Phi) is 6.99. The molecule has 1 aromatic heterocycles. The lowest BCUT2D eigenvalue weighted by molar-refractivity contribution is -0.131. The van der Waals surface area contributed by atoms with Crippen LogP contribution in [0.4, 0.5) is 11.4 Å². The molecule has 172 valence electrons. The first-order valence-corrected chi connectivity index (χ1v) is 11.4. The number of hydrogen-bond acceptors (Lipinski definition) is 5. The van der Waals surface area contributed by atoms with Gasteiger partial charge in [-0.25, -0.2) is 0 Å². The average Bonchev–Trinajstić information content (AvgIpc) is 2.85. The van der Waals surface area contributed by atoms with Crippen LogP contribution in [0.25, 0.3) is 5.69 Å². The number of aromatic nitrogens is 2. The molecule has 0 N–H and O–H groups in total. The van der Waals surface area contributed by atoms with Crippen LogP contribution in [-0.4, -0.2) is 60.9 Å². The highest BCUT2D eigenvalue weighted by molar-refractivity contribution is 6.33. The molecule has 0 radical (unpaired) electrons. The summed E-state index contributed by atoms with van der Waals surface area (Å²) in [6, 6.07) is 17.5. The second-order valence-electron chi connectivity index (χ2n) is 8.33. The zero-order valence-electron chi connectivity index (χ0n) is 18.9. The summed E-state index contributed by atoms with van der Waals surface area (Å²) in [5, 5.41) is 4.46. The first kappa shape index (κ1) is 22.9. The second kappa shape index (κ2) is 10.1. The van der Waals surface area contributed by atoms with Crippen LogP contribution in [0.5, 0.6) is 0 Å². The van der Waals surface area contributed by atoms with E-state index in [0.29, 0.717) is 44.0 Å². The SMILES string of the molecule is CN(C)c1ccc(CCC(=O)N2CCN(c3cnn(-c4ccccc4)c(=O)c3Cl)CC2)cc1. The molecular weight excluding hydrogens is 438 g/mol. The lowest BCUT2D eigenvalue weighted by Crippen LogP contribution is -2.49. The van der Waals surface area contributed by atoms with Crippen molar-refractivity contribution in [2.75, 3.05) is 50.1 Å². The molecule has 0 spiro atoms. The van der Waals surface area contributed by atoms with Gasteiger partial charge < -0.3 is 14.7 Å². The Morgan fingerprint density at radius 1 is 1.00 bits per heavy atom. The van der Waals surface area contributed by atoms with Gasteiger partial charge in [0.05, 0.1) is 17.6 Å². The van der Waals surface area contributed by atoms with Crippen molar-refractivity contribution in [3.63, 3.8) is 0 Å². The monoisotopic (exact) mass is 465 g/mol.